The maximum atomic E-state index is 6.11. The molecule has 5 rings (SSSR count). The second kappa shape index (κ2) is 5.97. The minimum absolute atomic E-state index is 0.650. The van der Waals surface area contributed by atoms with Crippen LogP contribution in [0.25, 0.3) is 32.8 Å². The Bertz CT molecular complexity index is 1260. The summed E-state index contributed by atoms with van der Waals surface area (Å²) < 4.78 is 0. The van der Waals surface area contributed by atoms with E-state index >= 15 is 0 Å². The highest BCUT2D eigenvalue weighted by Crippen LogP contribution is 2.34. The number of benzene rings is 1. The van der Waals surface area contributed by atoms with Crippen molar-refractivity contribution in [1.82, 2.24) is 19.9 Å². The van der Waals surface area contributed by atoms with Crippen LogP contribution in [-0.4, -0.2) is 19.9 Å². The molecule has 0 saturated heterocycles. The summed E-state index contributed by atoms with van der Waals surface area (Å²) in [6.45, 7) is 0.650. The van der Waals surface area contributed by atoms with Crippen LogP contribution in [0.1, 0.15) is 5.56 Å². The van der Waals surface area contributed by atoms with Crippen LogP contribution in [0.2, 0.25) is 5.02 Å². The van der Waals surface area contributed by atoms with E-state index in [1.165, 1.54) is 0 Å². The van der Waals surface area contributed by atoms with Crippen LogP contribution < -0.4 is 5.32 Å². The van der Waals surface area contributed by atoms with Crippen molar-refractivity contribution in [1.29, 1.82) is 0 Å². The van der Waals surface area contributed by atoms with Crippen molar-refractivity contribution in [3.05, 3.63) is 71.8 Å². The lowest BCUT2D eigenvalue weighted by atomic mass is 10.1. The minimum Gasteiger partial charge on any atom is -0.379 e. The Morgan fingerprint density at radius 2 is 1.85 bits per heavy atom. The smallest absolute Gasteiger partial charge is 0.100 e. The first-order chi connectivity index (χ1) is 12.8. The number of nitrogens with one attached hydrogen (secondary N) is 2. The molecule has 0 aliphatic heterocycles. The number of pyridine rings is 3. The number of aromatic amines is 1. The number of anilines is 1. The normalized spacial score (nSPS) is 11.4. The summed E-state index contributed by atoms with van der Waals surface area (Å²) >= 11 is 6.11. The number of hydrogen-bond acceptors (Lipinski definition) is 4. The summed E-state index contributed by atoms with van der Waals surface area (Å²) in [6.07, 6.45) is 7.22. The van der Waals surface area contributed by atoms with Gasteiger partial charge in [0, 0.05) is 47.1 Å². The molecular weight excluding hydrogens is 346 g/mol. The van der Waals surface area contributed by atoms with Crippen LogP contribution in [0.5, 0.6) is 0 Å². The standard InChI is InChI=1S/C20H14ClN5/c21-13-3-1-2-12(8-13)9-24-18-14-10-22-6-4-16(14)25-19-15-11-23-7-5-17(15)26-20(18)19/h1-8,10-11,26H,9H2,(H,24,25). The van der Waals surface area contributed by atoms with Crippen molar-refractivity contribution in [3.8, 4) is 0 Å². The van der Waals surface area contributed by atoms with Gasteiger partial charge in [-0.05, 0) is 29.8 Å². The Balaban J connectivity index is 1.72. The third-order valence-corrected chi connectivity index (χ3v) is 4.72. The number of hydrogen-bond donors (Lipinski definition) is 2. The summed E-state index contributed by atoms with van der Waals surface area (Å²) in [5.74, 6) is 0. The van der Waals surface area contributed by atoms with Crippen LogP contribution in [0, 0.1) is 0 Å². The van der Waals surface area contributed by atoms with E-state index < -0.39 is 0 Å². The van der Waals surface area contributed by atoms with E-state index in [-0.39, 0.29) is 0 Å². The zero-order valence-corrected chi connectivity index (χ0v) is 14.5. The Hall–Kier alpha value is -3.18. The predicted octanol–water partition coefficient (Wildman–Crippen LogP) is 4.92. The lowest BCUT2D eigenvalue weighted by Crippen LogP contribution is -2.02. The molecule has 2 N–H and O–H groups in total. The predicted molar refractivity (Wildman–Crippen MR) is 105 cm³/mol. The van der Waals surface area contributed by atoms with Crippen LogP contribution in [0.3, 0.4) is 0 Å². The fourth-order valence-electron chi connectivity index (χ4n) is 3.27. The third-order valence-electron chi connectivity index (χ3n) is 4.48. The highest BCUT2D eigenvalue weighted by molar-refractivity contribution is 6.30. The van der Waals surface area contributed by atoms with Crippen molar-refractivity contribution in [2.24, 2.45) is 0 Å². The van der Waals surface area contributed by atoms with Gasteiger partial charge in [0.15, 0.2) is 0 Å². The molecule has 6 heteroatoms. The average Bonchev–Trinajstić information content (AvgIpc) is 3.03. The van der Waals surface area contributed by atoms with Crippen LogP contribution in [0.15, 0.2) is 61.2 Å². The van der Waals surface area contributed by atoms with Crippen molar-refractivity contribution >= 4 is 50.1 Å². The first kappa shape index (κ1) is 15.1. The first-order valence-electron chi connectivity index (χ1n) is 8.27. The zero-order chi connectivity index (χ0) is 17.5. The van der Waals surface area contributed by atoms with E-state index in [2.05, 4.69) is 20.3 Å². The maximum absolute atomic E-state index is 6.11. The van der Waals surface area contributed by atoms with E-state index in [0.717, 1.165) is 49.1 Å². The summed E-state index contributed by atoms with van der Waals surface area (Å²) in [7, 11) is 0. The number of aromatic nitrogens is 4. The molecule has 1 aromatic carbocycles. The second-order valence-corrected chi connectivity index (χ2v) is 6.57. The number of H-pyrrole nitrogens is 1. The van der Waals surface area contributed by atoms with Gasteiger partial charge in [-0.2, -0.15) is 0 Å². The topological polar surface area (TPSA) is 66.5 Å². The van der Waals surface area contributed by atoms with Gasteiger partial charge in [-0.3, -0.25) is 9.97 Å². The highest BCUT2D eigenvalue weighted by Gasteiger charge is 2.14. The van der Waals surface area contributed by atoms with Crippen LogP contribution >= 0.6 is 11.6 Å². The molecule has 0 atom stereocenters. The molecule has 126 valence electrons. The zero-order valence-electron chi connectivity index (χ0n) is 13.7. The first-order valence-corrected chi connectivity index (χ1v) is 8.65. The molecule has 0 radical (unpaired) electrons. The van der Waals surface area contributed by atoms with Gasteiger partial charge in [-0.15, -0.1) is 0 Å². The molecule has 0 fully saturated rings. The number of nitrogens with zero attached hydrogens (tertiary/aromatic N) is 3. The van der Waals surface area contributed by atoms with Crippen LogP contribution in [0.4, 0.5) is 5.69 Å². The Morgan fingerprint density at radius 1 is 1.00 bits per heavy atom. The molecule has 5 aromatic rings. The van der Waals surface area contributed by atoms with Crippen molar-refractivity contribution < 1.29 is 0 Å². The van der Waals surface area contributed by atoms with E-state index in [1.807, 2.05) is 48.8 Å². The molecule has 4 heterocycles. The van der Waals surface area contributed by atoms with Crippen molar-refractivity contribution in [2.45, 2.75) is 6.54 Å². The summed E-state index contributed by atoms with van der Waals surface area (Å²) in [6, 6.07) is 11.7. The van der Waals surface area contributed by atoms with Gasteiger partial charge < -0.3 is 10.3 Å². The molecule has 26 heavy (non-hydrogen) atoms. The van der Waals surface area contributed by atoms with Gasteiger partial charge in [0.1, 0.15) is 5.52 Å². The van der Waals surface area contributed by atoms with Crippen molar-refractivity contribution in [3.63, 3.8) is 0 Å². The number of fused-ring (bicyclic) bond motifs is 4. The van der Waals surface area contributed by atoms with E-state index in [0.29, 0.717) is 6.54 Å². The van der Waals surface area contributed by atoms with Gasteiger partial charge >= 0.3 is 0 Å². The van der Waals surface area contributed by atoms with Gasteiger partial charge in [-0.1, -0.05) is 23.7 Å². The molecule has 0 bridgehead atoms. The molecular formula is C20H14ClN5. The summed E-state index contributed by atoms with van der Waals surface area (Å²) in [4.78, 5) is 16.8. The van der Waals surface area contributed by atoms with Gasteiger partial charge in [0.25, 0.3) is 0 Å². The fourth-order valence-corrected chi connectivity index (χ4v) is 3.48. The quantitative estimate of drug-likeness (QED) is 0.479. The molecule has 0 spiro atoms. The molecule has 0 aliphatic carbocycles. The molecule has 0 aliphatic rings. The molecule has 0 amide bonds. The number of halogens is 1. The van der Waals surface area contributed by atoms with Crippen molar-refractivity contribution in [2.75, 3.05) is 5.32 Å². The van der Waals surface area contributed by atoms with E-state index in [4.69, 9.17) is 16.6 Å². The number of rotatable bonds is 3. The second-order valence-electron chi connectivity index (χ2n) is 6.13. The fraction of sp³-hybridized carbons (Fsp3) is 0.0500. The minimum atomic E-state index is 0.650. The Morgan fingerprint density at radius 3 is 2.73 bits per heavy atom. The van der Waals surface area contributed by atoms with E-state index in [9.17, 15) is 0 Å². The maximum Gasteiger partial charge on any atom is 0.100 e. The lowest BCUT2D eigenvalue weighted by Gasteiger charge is -2.11. The SMILES string of the molecule is Clc1cccc(CNc2c3cnccc3nc3c2[nH]c2ccncc23)c1. The largest absolute Gasteiger partial charge is 0.379 e. The van der Waals surface area contributed by atoms with Gasteiger partial charge in [0.2, 0.25) is 0 Å². The average molecular weight is 360 g/mol. The lowest BCUT2D eigenvalue weighted by molar-refractivity contribution is 1.15. The highest BCUT2D eigenvalue weighted by atomic mass is 35.5. The molecule has 4 aromatic heterocycles. The Kier molecular flexibility index (Phi) is 3.47. The summed E-state index contributed by atoms with van der Waals surface area (Å²) in [5, 5.41) is 6.25. The molecule has 0 saturated carbocycles. The monoisotopic (exact) mass is 359 g/mol. The van der Waals surface area contributed by atoms with Gasteiger partial charge in [-0.25, -0.2) is 4.98 Å². The Labute approximate surface area is 154 Å². The third kappa shape index (κ3) is 2.45. The van der Waals surface area contributed by atoms with E-state index in [1.54, 1.807) is 12.4 Å². The summed E-state index contributed by atoms with van der Waals surface area (Å²) in [5.41, 5.74) is 5.85. The van der Waals surface area contributed by atoms with Crippen LogP contribution in [-0.2, 0) is 6.54 Å². The van der Waals surface area contributed by atoms with Gasteiger partial charge in [0.05, 0.1) is 22.2 Å². The molecule has 0 unspecified atom stereocenters. The molecule has 5 nitrogen and oxygen atoms in total.